The van der Waals surface area contributed by atoms with E-state index in [-0.39, 0.29) is 11.8 Å². The van der Waals surface area contributed by atoms with E-state index in [1.165, 1.54) is 6.42 Å². The Kier molecular flexibility index (Phi) is 9.17. The smallest absolute Gasteiger partial charge is 0.223 e. The lowest BCUT2D eigenvalue weighted by molar-refractivity contribution is -0.125. The molecule has 1 amide bonds. The molecule has 0 radical (unpaired) electrons. The fraction of sp³-hybridized carbons (Fsp3) is 0.917. The van der Waals surface area contributed by atoms with Crippen LogP contribution in [0.15, 0.2) is 0 Å². The molecule has 90 valence electrons. The van der Waals surface area contributed by atoms with Gasteiger partial charge in [-0.05, 0) is 19.3 Å². The van der Waals surface area contributed by atoms with E-state index in [2.05, 4.69) is 42.0 Å². The van der Waals surface area contributed by atoms with Crippen molar-refractivity contribution in [1.82, 2.24) is 5.32 Å². The van der Waals surface area contributed by atoms with E-state index in [1.807, 2.05) is 0 Å². The van der Waals surface area contributed by atoms with Crippen molar-refractivity contribution < 1.29 is 4.79 Å². The first-order valence-corrected chi connectivity index (χ1v) is 6.98. The molecule has 0 aromatic carbocycles. The predicted octanol–water partition coefficient (Wildman–Crippen LogP) is 3.49. The van der Waals surface area contributed by atoms with Gasteiger partial charge in [0.15, 0.2) is 0 Å². The number of hydrogen-bond donors (Lipinski definition) is 1. The van der Waals surface area contributed by atoms with Crippen LogP contribution < -0.4 is 5.32 Å². The lowest BCUT2D eigenvalue weighted by Gasteiger charge is -2.15. The highest BCUT2D eigenvalue weighted by Crippen LogP contribution is 2.13. The zero-order valence-corrected chi connectivity index (χ0v) is 11.8. The van der Waals surface area contributed by atoms with Crippen LogP contribution in [-0.4, -0.2) is 17.3 Å². The van der Waals surface area contributed by atoms with Crippen LogP contribution in [0.4, 0.5) is 0 Å². The van der Waals surface area contributed by atoms with Crippen LogP contribution in [0.2, 0.25) is 0 Å². The highest BCUT2D eigenvalue weighted by Gasteiger charge is 2.15. The minimum Gasteiger partial charge on any atom is -0.355 e. The second-order valence-electron chi connectivity index (χ2n) is 4.00. The molecule has 1 N–H and O–H groups in total. The lowest BCUT2D eigenvalue weighted by atomic mass is 9.98. The fourth-order valence-corrected chi connectivity index (χ4v) is 1.63. The van der Waals surface area contributed by atoms with Gasteiger partial charge in [0.2, 0.25) is 5.91 Å². The third kappa shape index (κ3) is 6.93. The SMILES string of the molecule is CCCCC(CC)C(=O)NCC(Br)CC. The largest absolute Gasteiger partial charge is 0.355 e. The molecular weight excluding hydrogens is 254 g/mol. The Labute approximate surface area is 102 Å². The maximum atomic E-state index is 11.8. The Bertz CT molecular complexity index is 173. The Balaban J connectivity index is 3.82. The van der Waals surface area contributed by atoms with E-state index in [4.69, 9.17) is 0 Å². The van der Waals surface area contributed by atoms with Gasteiger partial charge in [-0.1, -0.05) is 49.5 Å². The number of carbonyl (C=O) groups excluding carboxylic acids is 1. The Morgan fingerprint density at radius 2 is 1.93 bits per heavy atom. The number of nitrogens with one attached hydrogen (secondary N) is 1. The summed E-state index contributed by atoms with van der Waals surface area (Å²) in [5.41, 5.74) is 0. The standard InChI is InChI=1S/C12H24BrNO/c1-4-7-8-10(5-2)12(15)14-9-11(13)6-3/h10-11H,4-9H2,1-3H3,(H,14,15). The molecule has 0 aromatic rings. The van der Waals surface area contributed by atoms with Gasteiger partial charge in [0.25, 0.3) is 0 Å². The molecule has 0 bridgehead atoms. The molecule has 0 aliphatic carbocycles. The van der Waals surface area contributed by atoms with Crippen LogP contribution in [0.25, 0.3) is 0 Å². The number of carbonyl (C=O) groups is 1. The molecule has 0 saturated heterocycles. The van der Waals surface area contributed by atoms with Crippen LogP contribution in [0, 0.1) is 5.92 Å². The molecule has 2 nitrogen and oxygen atoms in total. The van der Waals surface area contributed by atoms with Gasteiger partial charge in [0.05, 0.1) is 0 Å². The molecule has 2 atom stereocenters. The summed E-state index contributed by atoms with van der Waals surface area (Å²) in [4.78, 5) is 12.2. The Morgan fingerprint density at radius 3 is 2.40 bits per heavy atom. The first-order valence-electron chi connectivity index (χ1n) is 6.07. The van der Waals surface area contributed by atoms with Gasteiger partial charge in [-0.25, -0.2) is 0 Å². The monoisotopic (exact) mass is 277 g/mol. The Hall–Kier alpha value is -0.0500. The second kappa shape index (κ2) is 9.20. The van der Waals surface area contributed by atoms with Crippen LogP contribution >= 0.6 is 15.9 Å². The summed E-state index contributed by atoms with van der Waals surface area (Å²) in [6, 6.07) is 0. The zero-order chi connectivity index (χ0) is 11.7. The van der Waals surface area contributed by atoms with Gasteiger partial charge < -0.3 is 5.32 Å². The van der Waals surface area contributed by atoms with Gasteiger partial charge in [-0.2, -0.15) is 0 Å². The van der Waals surface area contributed by atoms with E-state index < -0.39 is 0 Å². The number of hydrogen-bond acceptors (Lipinski definition) is 1. The van der Waals surface area contributed by atoms with Gasteiger partial charge >= 0.3 is 0 Å². The minimum absolute atomic E-state index is 0.210. The average Bonchev–Trinajstić information content (AvgIpc) is 2.26. The van der Waals surface area contributed by atoms with E-state index in [0.717, 1.165) is 32.2 Å². The van der Waals surface area contributed by atoms with Crippen molar-refractivity contribution in [3.05, 3.63) is 0 Å². The average molecular weight is 278 g/mol. The second-order valence-corrected chi connectivity index (χ2v) is 5.29. The number of unbranched alkanes of at least 4 members (excludes halogenated alkanes) is 1. The molecule has 3 heteroatoms. The van der Waals surface area contributed by atoms with Crippen molar-refractivity contribution >= 4 is 21.8 Å². The summed E-state index contributed by atoms with van der Waals surface area (Å²) in [6.07, 6.45) is 5.34. The molecular formula is C12H24BrNO. The summed E-state index contributed by atoms with van der Waals surface area (Å²) in [6.45, 7) is 7.11. The van der Waals surface area contributed by atoms with Crippen LogP contribution in [-0.2, 0) is 4.79 Å². The summed E-state index contributed by atoms with van der Waals surface area (Å²) >= 11 is 3.51. The van der Waals surface area contributed by atoms with Gasteiger partial charge in [-0.3, -0.25) is 4.79 Å². The fourth-order valence-electron chi connectivity index (χ4n) is 1.47. The zero-order valence-electron chi connectivity index (χ0n) is 10.2. The van der Waals surface area contributed by atoms with Crippen molar-refractivity contribution in [2.45, 2.75) is 57.7 Å². The first-order chi connectivity index (χ1) is 7.15. The van der Waals surface area contributed by atoms with Crippen LogP contribution in [0.3, 0.4) is 0 Å². The maximum Gasteiger partial charge on any atom is 0.223 e. The molecule has 0 heterocycles. The Morgan fingerprint density at radius 1 is 1.27 bits per heavy atom. The topological polar surface area (TPSA) is 29.1 Å². The lowest BCUT2D eigenvalue weighted by Crippen LogP contribution is -2.34. The van der Waals surface area contributed by atoms with E-state index >= 15 is 0 Å². The molecule has 0 rings (SSSR count). The highest BCUT2D eigenvalue weighted by atomic mass is 79.9. The summed E-state index contributed by atoms with van der Waals surface area (Å²) in [5, 5.41) is 3.01. The molecule has 15 heavy (non-hydrogen) atoms. The third-order valence-electron chi connectivity index (χ3n) is 2.71. The van der Waals surface area contributed by atoms with Gasteiger partial charge in [0, 0.05) is 17.3 Å². The summed E-state index contributed by atoms with van der Waals surface area (Å²) in [7, 11) is 0. The molecule has 0 aliphatic rings. The van der Waals surface area contributed by atoms with Crippen LogP contribution in [0.5, 0.6) is 0 Å². The van der Waals surface area contributed by atoms with E-state index in [9.17, 15) is 4.79 Å². The molecule has 0 spiro atoms. The van der Waals surface area contributed by atoms with Crippen molar-refractivity contribution in [1.29, 1.82) is 0 Å². The molecule has 0 fully saturated rings. The van der Waals surface area contributed by atoms with Crippen molar-refractivity contribution in [3.63, 3.8) is 0 Å². The normalized spacial score (nSPS) is 14.7. The third-order valence-corrected chi connectivity index (χ3v) is 3.68. The number of alkyl halides is 1. The number of halogens is 1. The van der Waals surface area contributed by atoms with Crippen LogP contribution in [0.1, 0.15) is 52.9 Å². The van der Waals surface area contributed by atoms with Crippen molar-refractivity contribution in [2.24, 2.45) is 5.92 Å². The molecule has 0 aromatic heterocycles. The van der Waals surface area contributed by atoms with Crippen molar-refractivity contribution in [3.8, 4) is 0 Å². The maximum absolute atomic E-state index is 11.8. The molecule has 0 saturated carbocycles. The summed E-state index contributed by atoms with van der Waals surface area (Å²) < 4.78 is 0. The minimum atomic E-state index is 0.210. The van der Waals surface area contributed by atoms with Crippen molar-refractivity contribution in [2.75, 3.05) is 6.54 Å². The quantitative estimate of drug-likeness (QED) is 0.676. The summed E-state index contributed by atoms with van der Waals surface area (Å²) in [5.74, 6) is 0.436. The molecule has 0 aliphatic heterocycles. The number of amides is 1. The predicted molar refractivity (Wildman–Crippen MR) is 69.3 cm³/mol. The highest BCUT2D eigenvalue weighted by molar-refractivity contribution is 9.09. The van der Waals surface area contributed by atoms with Gasteiger partial charge in [-0.15, -0.1) is 0 Å². The number of rotatable bonds is 8. The van der Waals surface area contributed by atoms with E-state index in [0.29, 0.717) is 4.83 Å². The van der Waals surface area contributed by atoms with Gasteiger partial charge in [0.1, 0.15) is 0 Å². The van der Waals surface area contributed by atoms with E-state index in [1.54, 1.807) is 0 Å². The first kappa shape index (κ1) is 14.9. The molecule has 2 unspecified atom stereocenters.